The first-order valence-electron chi connectivity index (χ1n) is 6.61. The van der Waals surface area contributed by atoms with Gasteiger partial charge in [-0.1, -0.05) is 19.8 Å². The number of ether oxygens (including phenoxy) is 1. The Bertz CT molecular complexity index is 409. The molecule has 0 atom stereocenters. The minimum Gasteiger partial charge on any atom is -0.494 e. The van der Waals surface area contributed by atoms with Crippen LogP contribution in [0.3, 0.4) is 0 Å². The molecule has 0 aliphatic carbocycles. The number of rotatable bonds is 9. The van der Waals surface area contributed by atoms with Crippen LogP contribution in [0.2, 0.25) is 0 Å². The topological polar surface area (TPSA) is 63.6 Å². The molecule has 0 bridgehead atoms. The van der Waals surface area contributed by atoms with Gasteiger partial charge in [0, 0.05) is 12.0 Å². The summed E-state index contributed by atoms with van der Waals surface area (Å²) < 4.78 is 5.54. The fraction of sp³-hybridized carbons (Fsp3) is 0.467. The highest BCUT2D eigenvalue weighted by Gasteiger charge is 2.08. The van der Waals surface area contributed by atoms with Crippen LogP contribution in [0.15, 0.2) is 24.3 Å². The molecule has 104 valence electrons. The molecule has 0 spiro atoms. The summed E-state index contributed by atoms with van der Waals surface area (Å²) in [6, 6.07) is 6.86. The van der Waals surface area contributed by atoms with Gasteiger partial charge in [0.1, 0.15) is 5.75 Å². The zero-order chi connectivity index (χ0) is 14.1. The lowest BCUT2D eigenvalue weighted by molar-refractivity contribution is -0.136. The van der Waals surface area contributed by atoms with Crippen molar-refractivity contribution in [1.29, 1.82) is 0 Å². The summed E-state index contributed by atoms with van der Waals surface area (Å²) in [5, 5.41) is 8.52. The maximum absolute atomic E-state index is 11.7. The van der Waals surface area contributed by atoms with Gasteiger partial charge in [-0.3, -0.25) is 9.59 Å². The number of carboxylic acid groups (broad SMARTS) is 1. The summed E-state index contributed by atoms with van der Waals surface area (Å²) in [5.41, 5.74) is 0.530. The number of aliphatic carboxylic acids is 1. The Labute approximate surface area is 113 Å². The molecule has 0 amide bonds. The number of Topliss-reactive ketones (excluding diaryl/α,β-unsaturated/α-hetero) is 1. The van der Waals surface area contributed by atoms with Crippen molar-refractivity contribution in [2.24, 2.45) is 0 Å². The second-order valence-corrected chi connectivity index (χ2v) is 4.40. The highest BCUT2D eigenvalue weighted by atomic mass is 16.5. The maximum atomic E-state index is 11.7. The van der Waals surface area contributed by atoms with E-state index in [-0.39, 0.29) is 18.6 Å². The van der Waals surface area contributed by atoms with E-state index in [0.29, 0.717) is 12.2 Å². The van der Waals surface area contributed by atoms with E-state index < -0.39 is 5.97 Å². The van der Waals surface area contributed by atoms with Crippen molar-refractivity contribution in [3.8, 4) is 5.75 Å². The zero-order valence-electron chi connectivity index (χ0n) is 11.2. The zero-order valence-corrected chi connectivity index (χ0v) is 11.2. The van der Waals surface area contributed by atoms with E-state index in [0.717, 1.165) is 25.0 Å². The van der Waals surface area contributed by atoms with E-state index in [1.807, 2.05) is 0 Å². The predicted octanol–water partition coefficient (Wildman–Crippen LogP) is 3.30. The van der Waals surface area contributed by atoms with Crippen LogP contribution >= 0.6 is 0 Å². The molecule has 0 saturated heterocycles. The Morgan fingerprint density at radius 3 is 2.37 bits per heavy atom. The first-order chi connectivity index (χ1) is 9.13. The van der Waals surface area contributed by atoms with Crippen molar-refractivity contribution < 1.29 is 19.4 Å². The Kier molecular flexibility index (Phi) is 6.64. The third kappa shape index (κ3) is 6.04. The quantitative estimate of drug-likeness (QED) is 0.549. The van der Waals surface area contributed by atoms with Crippen molar-refractivity contribution >= 4 is 11.8 Å². The Morgan fingerprint density at radius 2 is 1.79 bits per heavy atom. The fourth-order valence-electron chi connectivity index (χ4n) is 1.64. The molecule has 0 unspecified atom stereocenters. The second-order valence-electron chi connectivity index (χ2n) is 4.40. The lowest BCUT2D eigenvalue weighted by Gasteiger charge is -2.06. The molecule has 0 aliphatic rings. The largest absolute Gasteiger partial charge is 0.494 e. The van der Waals surface area contributed by atoms with Crippen molar-refractivity contribution in [2.45, 2.75) is 39.0 Å². The Balaban J connectivity index is 2.42. The highest BCUT2D eigenvalue weighted by Crippen LogP contribution is 2.14. The minimum atomic E-state index is -0.954. The van der Waals surface area contributed by atoms with Crippen LogP contribution in [-0.4, -0.2) is 23.5 Å². The van der Waals surface area contributed by atoms with Crippen LogP contribution in [0, 0.1) is 0 Å². The van der Waals surface area contributed by atoms with Crippen LogP contribution < -0.4 is 4.74 Å². The van der Waals surface area contributed by atoms with Crippen LogP contribution in [0.5, 0.6) is 5.75 Å². The average molecular weight is 264 g/mol. The molecule has 4 heteroatoms. The van der Waals surface area contributed by atoms with Gasteiger partial charge in [-0.25, -0.2) is 0 Å². The first-order valence-corrected chi connectivity index (χ1v) is 6.61. The SMILES string of the molecule is CCCCCOc1ccc(C(=O)CCC(=O)O)cc1. The van der Waals surface area contributed by atoms with Crippen LogP contribution in [0.25, 0.3) is 0 Å². The molecule has 0 aliphatic heterocycles. The molecule has 4 nitrogen and oxygen atoms in total. The van der Waals surface area contributed by atoms with Crippen LogP contribution in [-0.2, 0) is 4.79 Å². The van der Waals surface area contributed by atoms with E-state index >= 15 is 0 Å². The molecule has 0 heterocycles. The molecule has 1 aromatic rings. The minimum absolute atomic E-state index is 0.0338. The molecule has 0 fully saturated rings. The van der Waals surface area contributed by atoms with Crippen LogP contribution in [0.1, 0.15) is 49.4 Å². The van der Waals surface area contributed by atoms with E-state index in [4.69, 9.17) is 9.84 Å². The molecule has 0 radical (unpaired) electrons. The average Bonchev–Trinajstić information content (AvgIpc) is 2.41. The Hall–Kier alpha value is -1.84. The van der Waals surface area contributed by atoms with Gasteiger partial charge >= 0.3 is 5.97 Å². The number of unbranched alkanes of at least 4 members (excludes halogenated alkanes) is 2. The molecule has 1 rings (SSSR count). The summed E-state index contributed by atoms with van der Waals surface area (Å²) in [4.78, 5) is 22.0. The van der Waals surface area contributed by atoms with Crippen molar-refractivity contribution in [3.63, 3.8) is 0 Å². The van der Waals surface area contributed by atoms with Gasteiger partial charge in [-0.15, -0.1) is 0 Å². The van der Waals surface area contributed by atoms with Crippen LogP contribution in [0.4, 0.5) is 0 Å². The third-order valence-corrected chi connectivity index (χ3v) is 2.76. The van der Waals surface area contributed by atoms with Gasteiger partial charge in [0.25, 0.3) is 0 Å². The number of carboxylic acids is 1. The van der Waals surface area contributed by atoms with Gasteiger partial charge in [-0.05, 0) is 30.7 Å². The lowest BCUT2D eigenvalue weighted by atomic mass is 10.1. The fourth-order valence-corrected chi connectivity index (χ4v) is 1.64. The number of ketones is 1. The summed E-state index contributed by atoms with van der Waals surface area (Å²) in [5.74, 6) is -0.366. The highest BCUT2D eigenvalue weighted by molar-refractivity contribution is 5.97. The lowest BCUT2D eigenvalue weighted by Crippen LogP contribution is -2.04. The number of carbonyl (C=O) groups is 2. The Morgan fingerprint density at radius 1 is 1.11 bits per heavy atom. The molecule has 1 aromatic carbocycles. The first kappa shape index (κ1) is 15.2. The standard InChI is InChI=1S/C15H20O4/c1-2-3-4-11-19-13-7-5-12(6-8-13)14(16)9-10-15(17)18/h5-8H,2-4,9-11H2,1H3,(H,17,18). The second kappa shape index (κ2) is 8.29. The summed E-state index contributed by atoms with van der Waals surface area (Å²) >= 11 is 0. The van der Waals surface area contributed by atoms with Crippen molar-refractivity contribution in [1.82, 2.24) is 0 Å². The maximum Gasteiger partial charge on any atom is 0.303 e. The van der Waals surface area contributed by atoms with Crippen molar-refractivity contribution in [3.05, 3.63) is 29.8 Å². The molecular weight excluding hydrogens is 244 g/mol. The van der Waals surface area contributed by atoms with E-state index in [9.17, 15) is 9.59 Å². The summed E-state index contributed by atoms with van der Waals surface area (Å²) in [7, 11) is 0. The van der Waals surface area contributed by atoms with E-state index in [1.54, 1.807) is 24.3 Å². The number of benzene rings is 1. The predicted molar refractivity (Wildman–Crippen MR) is 72.7 cm³/mol. The number of carbonyl (C=O) groups excluding carboxylic acids is 1. The third-order valence-electron chi connectivity index (χ3n) is 2.76. The summed E-state index contributed by atoms with van der Waals surface area (Å²) in [6.45, 7) is 2.82. The number of hydrogen-bond acceptors (Lipinski definition) is 3. The number of hydrogen-bond donors (Lipinski definition) is 1. The van der Waals surface area contributed by atoms with Crippen molar-refractivity contribution in [2.75, 3.05) is 6.61 Å². The summed E-state index contributed by atoms with van der Waals surface area (Å²) in [6.07, 6.45) is 3.22. The van der Waals surface area contributed by atoms with Gasteiger partial charge in [-0.2, -0.15) is 0 Å². The van der Waals surface area contributed by atoms with E-state index in [2.05, 4.69) is 6.92 Å². The van der Waals surface area contributed by atoms with E-state index in [1.165, 1.54) is 0 Å². The van der Waals surface area contributed by atoms with Gasteiger partial charge < -0.3 is 9.84 Å². The van der Waals surface area contributed by atoms with Gasteiger partial charge in [0.15, 0.2) is 5.78 Å². The normalized spacial score (nSPS) is 10.2. The molecule has 0 aromatic heterocycles. The molecule has 1 N–H and O–H groups in total. The molecule has 0 saturated carbocycles. The monoisotopic (exact) mass is 264 g/mol. The smallest absolute Gasteiger partial charge is 0.303 e. The van der Waals surface area contributed by atoms with Gasteiger partial charge in [0.2, 0.25) is 0 Å². The molecular formula is C15H20O4. The molecule has 19 heavy (non-hydrogen) atoms. The van der Waals surface area contributed by atoms with Gasteiger partial charge in [0.05, 0.1) is 13.0 Å².